The molecule has 25 heavy (non-hydrogen) atoms. The van der Waals surface area contributed by atoms with E-state index in [1.807, 2.05) is 24.3 Å². The zero-order valence-electron chi connectivity index (χ0n) is 14.7. The lowest BCUT2D eigenvalue weighted by molar-refractivity contribution is 0.0472. The van der Waals surface area contributed by atoms with E-state index >= 15 is 0 Å². The molecule has 0 bridgehead atoms. The largest absolute Gasteiger partial charge is 0.454 e. The molecule has 1 aromatic heterocycles. The monoisotopic (exact) mass is 341 g/mol. The van der Waals surface area contributed by atoms with Gasteiger partial charge in [-0.05, 0) is 38.2 Å². The molecule has 1 saturated carbocycles. The normalized spacial score (nSPS) is 15.1. The SMILES string of the molecule is Cc1noc(C)c1C(=O)OCC(=O)c1ccc(C2CCCCC2)cc1. The van der Waals surface area contributed by atoms with Crippen molar-refractivity contribution >= 4 is 11.8 Å². The van der Waals surface area contributed by atoms with Crippen molar-refractivity contribution in [3.63, 3.8) is 0 Å². The van der Waals surface area contributed by atoms with E-state index in [1.54, 1.807) is 13.8 Å². The van der Waals surface area contributed by atoms with Crippen LogP contribution in [0.5, 0.6) is 0 Å². The maximum Gasteiger partial charge on any atom is 0.344 e. The number of Topliss-reactive ketones (excluding diaryl/α,β-unsaturated/α-hetero) is 1. The number of esters is 1. The molecule has 0 unspecified atom stereocenters. The molecule has 0 saturated heterocycles. The van der Waals surface area contributed by atoms with Gasteiger partial charge in [0.05, 0.1) is 5.69 Å². The lowest BCUT2D eigenvalue weighted by Crippen LogP contribution is -2.15. The lowest BCUT2D eigenvalue weighted by Gasteiger charge is -2.22. The fraction of sp³-hybridized carbons (Fsp3) is 0.450. The Kier molecular flexibility index (Phi) is 5.31. The molecule has 1 heterocycles. The molecule has 1 fully saturated rings. The van der Waals surface area contributed by atoms with E-state index in [4.69, 9.17) is 9.26 Å². The summed E-state index contributed by atoms with van der Waals surface area (Å²) >= 11 is 0. The summed E-state index contributed by atoms with van der Waals surface area (Å²) in [6.45, 7) is 3.02. The van der Waals surface area contributed by atoms with Crippen LogP contribution >= 0.6 is 0 Å². The zero-order chi connectivity index (χ0) is 17.8. The second kappa shape index (κ2) is 7.64. The highest BCUT2D eigenvalue weighted by atomic mass is 16.5. The number of ether oxygens (including phenoxy) is 1. The molecule has 3 rings (SSSR count). The minimum atomic E-state index is -0.580. The van der Waals surface area contributed by atoms with Gasteiger partial charge in [-0.2, -0.15) is 0 Å². The molecular weight excluding hydrogens is 318 g/mol. The van der Waals surface area contributed by atoms with Crippen molar-refractivity contribution < 1.29 is 18.8 Å². The van der Waals surface area contributed by atoms with Gasteiger partial charge in [-0.3, -0.25) is 4.79 Å². The van der Waals surface area contributed by atoms with Gasteiger partial charge in [0.25, 0.3) is 0 Å². The van der Waals surface area contributed by atoms with Gasteiger partial charge in [0.1, 0.15) is 11.3 Å². The summed E-state index contributed by atoms with van der Waals surface area (Å²) in [5.74, 6) is 0.209. The highest BCUT2D eigenvalue weighted by Gasteiger charge is 2.20. The Morgan fingerprint density at radius 2 is 1.80 bits per heavy atom. The summed E-state index contributed by atoms with van der Waals surface area (Å²) in [6.07, 6.45) is 6.33. The highest BCUT2D eigenvalue weighted by molar-refractivity contribution is 5.99. The first kappa shape index (κ1) is 17.4. The van der Waals surface area contributed by atoms with Crippen molar-refractivity contribution in [2.75, 3.05) is 6.61 Å². The molecule has 2 aromatic rings. The molecule has 0 N–H and O–H groups in total. The molecule has 0 atom stereocenters. The number of aromatic nitrogens is 1. The van der Waals surface area contributed by atoms with Crippen molar-refractivity contribution in [1.29, 1.82) is 0 Å². The first-order valence-corrected chi connectivity index (χ1v) is 8.79. The predicted molar refractivity (Wildman–Crippen MR) is 92.9 cm³/mol. The van der Waals surface area contributed by atoms with Crippen molar-refractivity contribution in [2.45, 2.75) is 51.9 Å². The molecule has 0 aliphatic heterocycles. The number of benzene rings is 1. The zero-order valence-corrected chi connectivity index (χ0v) is 14.7. The third-order valence-corrected chi connectivity index (χ3v) is 4.88. The summed E-state index contributed by atoms with van der Waals surface area (Å²) in [7, 11) is 0. The summed E-state index contributed by atoms with van der Waals surface area (Å²) in [4.78, 5) is 24.3. The number of carbonyl (C=O) groups excluding carboxylic acids is 2. The van der Waals surface area contributed by atoms with Gasteiger partial charge in [0.15, 0.2) is 12.4 Å². The van der Waals surface area contributed by atoms with Crippen LogP contribution in [0.25, 0.3) is 0 Å². The lowest BCUT2D eigenvalue weighted by atomic mass is 9.84. The second-order valence-corrected chi connectivity index (χ2v) is 6.66. The Morgan fingerprint density at radius 1 is 1.12 bits per heavy atom. The molecule has 5 heteroatoms. The second-order valence-electron chi connectivity index (χ2n) is 6.66. The molecule has 0 radical (unpaired) electrons. The summed E-state index contributed by atoms with van der Waals surface area (Å²) in [5, 5.41) is 3.72. The number of hydrogen-bond donors (Lipinski definition) is 0. The van der Waals surface area contributed by atoms with Crippen LogP contribution in [0.1, 0.15) is 75.8 Å². The maximum atomic E-state index is 12.3. The van der Waals surface area contributed by atoms with Crippen molar-refractivity contribution in [2.24, 2.45) is 0 Å². The average Bonchev–Trinajstić information content (AvgIpc) is 2.99. The predicted octanol–water partition coefficient (Wildman–Crippen LogP) is 4.38. The summed E-state index contributed by atoms with van der Waals surface area (Å²) in [5.41, 5.74) is 2.61. The quantitative estimate of drug-likeness (QED) is 0.596. The van der Waals surface area contributed by atoms with Gasteiger partial charge < -0.3 is 9.26 Å². The van der Waals surface area contributed by atoms with Crippen LogP contribution in [-0.2, 0) is 4.74 Å². The Bertz CT molecular complexity index is 735. The molecule has 1 aromatic carbocycles. The topological polar surface area (TPSA) is 69.4 Å². The van der Waals surface area contributed by atoms with Gasteiger partial charge in [-0.25, -0.2) is 4.79 Å². The minimum absolute atomic E-state index is 0.213. The van der Waals surface area contributed by atoms with Crippen LogP contribution < -0.4 is 0 Å². The number of carbonyl (C=O) groups is 2. The highest BCUT2D eigenvalue weighted by Crippen LogP contribution is 2.32. The van der Waals surface area contributed by atoms with Crippen LogP contribution in [0.2, 0.25) is 0 Å². The standard InChI is InChI=1S/C20H23NO4/c1-13-19(14(2)25-21-13)20(23)24-12-18(22)17-10-8-16(9-11-17)15-6-4-3-5-7-15/h8-11,15H,3-7,12H2,1-2H3. The van der Waals surface area contributed by atoms with Gasteiger partial charge in [-0.1, -0.05) is 48.7 Å². The van der Waals surface area contributed by atoms with Gasteiger partial charge in [-0.15, -0.1) is 0 Å². The Balaban J connectivity index is 1.59. The Hall–Kier alpha value is -2.43. The van der Waals surface area contributed by atoms with Crippen LogP contribution in [0.4, 0.5) is 0 Å². The van der Waals surface area contributed by atoms with Crippen LogP contribution in [0, 0.1) is 13.8 Å². The van der Waals surface area contributed by atoms with Gasteiger partial charge >= 0.3 is 5.97 Å². The van der Waals surface area contributed by atoms with Gasteiger partial charge in [0, 0.05) is 5.56 Å². The van der Waals surface area contributed by atoms with Crippen LogP contribution in [0.3, 0.4) is 0 Å². The van der Waals surface area contributed by atoms with E-state index in [1.165, 1.54) is 37.7 Å². The van der Waals surface area contributed by atoms with E-state index < -0.39 is 5.97 Å². The van der Waals surface area contributed by atoms with E-state index in [9.17, 15) is 9.59 Å². The molecule has 0 amide bonds. The molecule has 5 nitrogen and oxygen atoms in total. The van der Waals surface area contributed by atoms with Crippen molar-refractivity contribution in [3.8, 4) is 0 Å². The minimum Gasteiger partial charge on any atom is -0.454 e. The Labute approximate surface area is 147 Å². The first-order valence-electron chi connectivity index (χ1n) is 8.79. The molecule has 132 valence electrons. The van der Waals surface area contributed by atoms with Crippen LogP contribution in [0.15, 0.2) is 28.8 Å². The average molecular weight is 341 g/mol. The molecule has 1 aliphatic rings. The number of nitrogens with zero attached hydrogens (tertiary/aromatic N) is 1. The van der Waals surface area contributed by atoms with Crippen molar-refractivity contribution in [1.82, 2.24) is 5.16 Å². The molecule has 0 spiro atoms. The smallest absolute Gasteiger partial charge is 0.344 e. The molecular formula is C20H23NO4. The fourth-order valence-electron chi connectivity index (χ4n) is 3.44. The van der Waals surface area contributed by atoms with Crippen molar-refractivity contribution in [3.05, 3.63) is 52.4 Å². The van der Waals surface area contributed by atoms with E-state index in [-0.39, 0.29) is 12.4 Å². The van der Waals surface area contributed by atoms with E-state index in [0.29, 0.717) is 28.5 Å². The third-order valence-electron chi connectivity index (χ3n) is 4.88. The summed E-state index contributed by atoms with van der Waals surface area (Å²) < 4.78 is 10.1. The third kappa shape index (κ3) is 3.98. The Morgan fingerprint density at radius 3 is 2.40 bits per heavy atom. The molecule has 1 aliphatic carbocycles. The van der Waals surface area contributed by atoms with Crippen LogP contribution in [-0.4, -0.2) is 23.5 Å². The number of hydrogen-bond acceptors (Lipinski definition) is 5. The van der Waals surface area contributed by atoms with Gasteiger partial charge in [0.2, 0.25) is 0 Å². The number of aryl methyl sites for hydroxylation is 2. The van der Waals surface area contributed by atoms with E-state index in [2.05, 4.69) is 5.16 Å². The first-order chi connectivity index (χ1) is 12.1. The summed E-state index contributed by atoms with van der Waals surface area (Å²) in [6, 6.07) is 7.71. The number of ketones is 1. The maximum absolute atomic E-state index is 12.3. The van der Waals surface area contributed by atoms with E-state index in [0.717, 1.165) is 0 Å². The fourth-order valence-corrected chi connectivity index (χ4v) is 3.44. The number of rotatable bonds is 5.